The van der Waals surface area contributed by atoms with Crippen molar-refractivity contribution >= 4 is 43.6 Å². The predicted octanol–water partition coefficient (Wildman–Crippen LogP) is 10.9. The Morgan fingerprint density at radius 3 is 1.58 bits per heavy atom. The molecular weight excluding hydrogens is 626 g/mol. The van der Waals surface area contributed by atoms with E-state index in [1.807, 2.05) is 21.3 Å². The Bertz CT molecular complexity index is 2620. The van der Waals surface area contributed by atoms with Gasteiger partial charge in [-0.3, -0.25) is 4.98 Å². The second kappa shape index (κ2) is 10.5. The Hall–Kier alpha value is -6.08. The summed E-state index contributed by atoms with van der Waals surface area (Å²) < 4.78 is 86.4. The number of hydrogen-bond donors (Lipinski definition) is 0. The van der Waals surface area contributed by atoms with Gasteiger partial charge in [-0.15, -0.1) is 0 Å². The monoisotopic (exact) mass is 646 g/mol. The van der Waals surface area contributed by atoms with Gasteiger partial charge in [-0.05, 0) is 72.8 Å². The van der Waals surface area contributed by atoms with E-state index in [1.165, 1.54) is 12.1 Å². The van der Waals surface area contributed by atoms with Gasteiger partial charge in [0.1, 0.15) is 0 Å². The van der Waals surface area contributed by atoms with Crippen molar-refractivity contribution in [2.45, 2.75) is 12.4 Å². The number of halogens is 6. The minimum Gasteiger partial charge on any atom is -0.309 e. The quantitative estimate of drug-likeness (QED) is 0.179. The van der Waals surface area contributed by atoms with Crippen molar-refractivity contribution in [3.05, 3.63) is 138 Å². The van der Waals surface area contributed by atoms with E-state index in [4.69, 9.17) is 0 Å². The van der Waals surface area contributed by atoms with Gasteiger partial charge in [-0.2, -0.15) is 31.6 Å². The smallest absolute Gasteiger partial charge is 0.309 e. The summed E-state index contributed by atoms with van der Waals surface area (Å²) in [5.41, 5.74) is 3.48. The molecule has 10 heteroatoms. The van der Waals surface area contributed by atoms with Gasteiger partial charge in [0.15, 0.2) is 0 Å². The van der Waals surface area contributed by atoms with E-state index < -0.39 is 23.5 Å². The SMILES string of the molecule is N#Cc1ccc(-n2c3ccccc3c3cc(C(F)(F)F)ccc32)c(-c2ccncc2-n2c3ccccc3c3cc(C(F)(F)F)ccc32)c1. The van der Waals surface area contributed by atoms with Crippen LogP contribution < -0.4 is 0 Å². The first kappa shape index (κ1) is 29.3. The minimum absolute atomic E-state index is 0.341. The van der Waals surface area contributed by atoms with Gasteiger partial charge in [0.25, 0.3) is 0 Å². The number of pyridine rings is 1. The summed E-state index contributed by atoms with van der Waals surface area (Å²) in [5, 5.41) is 12.0. The number of fused-ring (bicyclic) bond motifs is 6. The minimum atomic E-state index is -4.54. The van der Waals surface area contributed by atoms with Crippen LogP contribution in [0.3, 0.4) is 0 Å². The first-order chi connectivity index (χ1) is 23.0. The summed E-state index contributed by atoms with van der Waals surface area (Å²) in [6.07, 6.45) is -5.87. The van der Waals surface area contributed by atoms with Gasteiger partial charge in [-0.1, -0.05) is 36.4 Å². The molecule has 5 aromatic carbocycles. The molecule has 0 radical (unpaired) electrons. The molecule has 234 valence electrons. The highest BCUT2D eigenvalue weighted by molar-refractivity contribution is 6.11. The number of rotatable bonds is 3. The van der Waals surface area contributed by atoms with E-state index in [2.05, 4.69) is 11.1 Å². The van der Waals surface area contributed by atoms with Gasteiger partial charge >= 0.3 is 12.4 Å². The standard InChI is InChI=1S/C38H20F6N4/c39-37(40,41)23-10-13-34-29(18-23)25-5-1-3-7-31(25)47(34)33-12-9-22(20-45)17-28(33)27-15-16-46-21-36(27)48-32-8-4-2-6-26(32)30-19-24(38(42,43)44)11-14-35(30)48/h1-19,21H. The maximum absolute atomic E-state index is 13.8. The topological polar surface area (TPSA) is 46.5 Å². The van der Waals surface area contributed by atoms with E-state index in [9.17, 15) is 31.6 Å². The van der Waals surface area contributed by atoms with E-state index in [0.29, 0.717) is 71.7 Å². The molecule has 0 spiro atoms. The Morgan fingerprint density at radius 1 is 0.521 bits per heavy atom. The van der Waals surface area contributed by atoms with Crippen LogP contribution in [0.25, 0.3) is 66.1 Å². The Labute approximate surface area is 268 Å². The lowest BCUT2D eigenvalue weighted by Crippen LogP contribution is -2.05. The molecule has 0 fully saturated rings. The lowest BCUT2D eigenvalue weighted by molar-refractivity contribution is -0.138. The van der Waals surface area contributed by atoms with Crippen LogP contribution in [0.4, 0.5) is 26.3 Å². The highest BCUT2D eigenvalue weighted by atomic mass is 19.4. The molecule has 8 aromatic rings. The van der Waals surface area contributed by atoms with Crippen molar-refractivity contribution in [3.63, 3.8) is 0 Å². The van der Waals surface area contributed by atoms with Crippen LogP contribution in [-0.4, -0.2) is 14.1 Å². The Morgan fingerprint density at radius 2 is 1.04 bits per heavy atom. The summed E-state index contributed by atoms with van der Waals surface area (Å²) in [5.74, 6) is 0. The van der Waals surface area contributed by atoms with Crippen LogP contribution in [0.1, 0.15) is 16.7 Å². The largest absolute Gasteiger partial charge is 0.416 e. The second-order valence-corrected chi connectivity index (χ2v) is 11.4. The summed E-state index contributed by atoms with van der Waals surface area (Å²) in [6.45, 7) is 0. The van der Waals surface area contributed by atoms with Crippen LogP contribution in [0.5, 0.6) is 0 Å². The lowest BCUT2D eigenvalue weighted by Gasteiger charge is -2.18. The number of aromatic nitrogens is 3. The van der Waals surface area contributed by atoms with E-state index in [1.54, 1.807) is 73.1 Å². The molecule has 48 heavy (non-hydrogen) atoms. The summed E-state index contributed by atoms with van der Waals surface area (Å²) in [6, 6.07) is 30.6. The fourth-order valence-electron chi connectivity index (χ4n) is 6.63. The zero-order chi connectivity index (χ0) is 33.4. The van der Waals surface area contributed by atoms with Crippen LogP contribution in [0.2, 0.25) is 0 Å². The summed E-state index contributed by atoms with van der Waals surface area (Å²) in [7, 11) is 0. The number of hydrogen-bond acceptors (Lipinski definition) is 2. The van der Waals surface area contributed by atoms with Crippen molar-refractivity contribution in [2.75, 3.05) is 0 Å². The molecule has 0 N–H and O–H groups in total. The number of alkyl halides is 6. The Balaban J connectivity index is 1.45. The molecular formula is C38H20F6N4. The van der Waals surface area contributed by atoms with Crippen molar-refractivity contribution in [3.8, 4) is 28.6 Å². The molecule has 0 bridgehead atoms. The fourth-order valence-corrected chi connectivity index (χ4v) is 6.63. The number of para-hydroxylation sites is 2. The van der Waals surface area contributed by atoms with E-state index in [0.717, 1.165) is 24.3 Å². The average molecular weight is 647 g/mol. The first-order valence-electron chi connectivity index (χ1n) is 14.7. The van der Waals surface area contributed by atoms with Gasteiger partial charge in [0.2, 0.25) is 0 Å². The molecule has 8 rings (SSSR count). The van der Waals surface area contributed by atoms with E-state index >= 15 is 0 Å². The van der Waals surface area contributed by atoms with Crippen molar-refractivity contribution in [2.24, 2.45) is 0 Å². The maximum atomic E-state index is 13.8. The van der Waals surface area contributed by atoms with Crippen LogP contribution >= 0.6 is 0 Å². The van der Waals surface area contributed by atoms with E-state index in [-0.39, 0.29) is 0 Å². The number of nitrogens with zero attached hydrogens (tertiary/aromatic N) is 4. The molecule has 0 unspecified atom stereocenters. The molecule has 0 saturated heterocycles. The van der Waals surface area contributed by atoms with Gasteiger partial charge in [0, 0.05) is 38.9 Å². The molecule has 0 aliphatic heterocycles. The molecule has 0 aliphatic carbocycles. The van der Waals surface area contributed by atoms with Crippen LogP contribution in [-0.2, 0) is 12.4 Å². The summed E-state index contributed by atoms with van der Waals surface area (Å²) in [4.78, 5) is 4.39. The lowest BCUT2D eigenvalue weighted by atomic mass is 10.00. The zero-order valence-electron chi connectivity index (χ0n) is 24.6. The number of nitriles is 1. The van der Waals surface area contributed by atoms with Crippen LogP contribution in [0, 0.1) is 11.3 Å². The number of benzene rings is 5. The molecule has 0 amide bonds. The van der Waals surface area contributed by atoms with Crippen LogP contribution in [0.15, 0.2) is 122 Å². The van der Waals surface area contributed by atoms with Gasteiger partial charge < -0.3 is 9.13 Å². The second-order valence-electron chi connectivity index (χ2n) is 11.4. The molecule has 3 aromatic heterocycles. The molecule has 4 nitrogen and oxygen atoms in total. The third-order valence-corrected chi connectivity index (χ3v) is 8.70. The molecule has 3 heterocycles. The first-order valence-corrected chi connectivity index (χ1v) is 14.7. The van der Waals surface area contributed by atoms with Crippen molar-refractivity contribution < 1.29 is 26.3 Å². The average Bonchev–Trinajstić information content (AvgIpc) is 3.59. The molecule has 0 saturated carbocycles. The summed E-state index contributed by atoms with van der Waals surface area (Å²) >= 11 is 0. The molecule has 0 aliphatic rings. The highest BCUT2D eigenvalue weighted by Gasteiger charge is 2.32. The Kier molecular flexibility index (Phi) is 6.40. The normalized spacial score (nSPS) is 12.4. The maximum Gasteiger partial charge on any atom is 0.416 e. The third-order valence-electron chi connectivity index (χ3n) is 8.70. The van der Waals surface area contributed by atoms with Gasteiger partial charge in [0.05, 0.1) is 62.4 Å². The highest BCUT2D eigenvalue weighted by Crippen LogP contribution is 2.43. The predicted molar refractivity (Wildman–Crippen MR) is 173 cm³/mol. The van der Waals surface area contributed by atoms with Crippen molar-refractivity contribution in [1.82, 2.24) is 14.1 Å². The third kappa shape index (κ3) is 4.50. The fraction of sp³-hybridized carbons (Fsp3) is 0.0526. The molecule has 0 atom stereocenters. The zero-order valence-corrected chi connectivity index (χ0v) is 24.6. The van der Waals surface area contributed by atoms with Gasteiger partial charge in [-0.25, -0.2) is 0 Å². The van der Waals surface area contributed by atoms with Crippen molar-refractivity contribution in [1.29, 1.82) is 5.26 Å².